The number of imidazole rings is 1. The molecule has 1 heterocycles. The highest BCUT2D eigenvalue weighted by Gasteiger charge is 2.13. The number of rotatable bonds is 2. The first kappa shape index (κ1) is 8.97. The van der Waals surface area contributed by atoms with Gasteiger partial charge in [-0.1, -0.05) is 18.2 Å². The van der Waals surface area contributed by atoms with Gasteiger partial charge in [-0.25, -0.2) is 9.97 Å². The zero-order chi connectivity index (χ0) is 9.97. The largest absolute Gasteiger partial charge is 0.388 e. The molecule has 0 aliphatic heterocycles. The number of H-pyrrole nitrogens is 2. The molecule has 0 atom stereocenters. The molecule has 0 radical (unpaired) electrons. The third-order valence-corrected chi connectivity index (χ3v) is 2.26. The summed E-state index contributed by atoms with van der Waals surface area (Å²) in [5, 5.41) is 9.03. The Labute approximate surface area is 82.4 Å². The minimum Gasteiger partial charge on any atom is -0.388 e. The Morgan fingerprint density at radius 2 is 2.00 bits per heavy atom. The van der Waals surface area contributed by atoms with Gasteiger partial charge in [0.2, 0.25) is 0 Å². The van der Waals surface area contributed by atoms with Gasteiger partial charge < -0.3 is 5.11 Å². The van der Waals surface area contributed by atoms with E-state index in [2.05, 4.69) is 9.97 Å². The molecule has 14 heavy (non-hydrogen) atoms. The predicted molar refractivity (Wildman–Crippen MR) is 53.4 cm³/mol. The molecule has 3 nitrogen and oxygen atoms in total. The molecule has 0 spiro atoms. The van der Waals surface area contributed by atoms with Crippen molar-refractivity contribution in [1.82, 2.24) is 4.98 Å². The van der Waals surface area contributed by atoms with Crippen LogP contribution in [0.1, 0.15) is 11.4 Å². The van der Waals surface area contributed by atoms with Crippen LogP contribution < -0.4 is 4.98 Å². The Morgan fingerprint density at radius 1 is 1.29 bits per heavy atom. The SMILES string of the molecule is Cc1[nH]c(-c2ccccc2)[nH+]c1CO. The van der Waals surface area contributed by atoms with E-state index in [1.54, 1.807) is 0 Å². The summed E-state index contributed by atoms with van der Waals surface area (Å²) in [4.78, 5) is 6.34. The first-order chi connectivity index (χ1) is 6.81. The normalized spacial score (nSPS) is 10.4. The van der Waals surface area contributed by atoms with Crippen LogP contribution in [0.15, 0.2) is 30.3 Å². The van der Waals surface area contributed by atoms with Crippen molar-refractivity contribution in [3.8, 4) is 11.4 Å². The minimum absolute atomic E-state index is 0.0369. The smallest absolute Gasteiger partial charge is 0.284 e. The van der Waals surface area contributed by atoms with Gasteiger partial charge in [0.1, 0.15) is 12.3 Å². The van der Waals surface area contributed by atoms with E-state index < -0.39 is 0 Å². The number of aromatic amines is 2. The van der Waals surface area contributed by atoms with Crippen LogP contribution in [0.25, 0.3) is 11.4 Å². The van der Waals surface area contributed by atoms with Gasteiger partial charge in [0.25, 0.3) is 5.82 Å². The highest BCUT2D eigenvalue weighted by atomic mass is 16.3. The summed E-state index contributed by atoms with van der Waals surface area (Å²) in [6, 6.07) is 9.98. The molecule has 2 aromatic rings. The molecular weight excluding hydrogens is 176 g/mol. The zero-order valence-corrected chi connectivity index (χ0v) is 8.04. The number of aromatic nitrogens is 2. The van der Waals surface area contributed by atoms with Crippen LogP contribution >= 0.6 is 0 Å². The monoisotopic (exact) mass is 189 g/mol. The van der Waals surface area contributed by atoms with Crippen molar-refractivity contribution in [2.24, 2.45) is 0 Å². The average molecular weight is 189 g/mol. The lowest BCUT2D eigenvalue weighted by atomic mass is 10.2. The van der Waals surface area contributed by atoms with Crippen LogP contribution in [-0.4, -0.2) is 10.1 Å². The molecule has 0 aliphatic carbocycles. The molecule has 0 aliphatic rings. The fourth-order valence-electron chi connectivity index (χ4n) is 1.45. The van der Waals surface area contributed by atoms with Gasteiger partial charge in [-0.05, 0) is 12.1 Å². The number of nitrogens with one attached hydrogen (secondary N) is 2. The van der Waals surface area contributed by atoms with Crippen molar-refractivity contribution < 1.29 is 10.1 Å². The summed E-state index contributed by atoms with van der Waals surface area (Å²) >= 11 is 0. The molecule has 3 heteroatoms. The number of hydrogen-bond donors (Lipinski definition) is 2. The van der Waals surface area contributed by atoms with E-state index in [1.807, 2.05) is 37.3 Å². The standard InChI is InChI=1S/C11H12N2O/c1-8-10(7-14)13-11(12-8)9-5-3-2-4-6-9/h2-6,14H,7H2,1H3,(H,12,13)/p+1. The average Bonchev–Trinajstić information content (AvgIpc) is 2.61. The Morgan fingerprint density at radius 3 is 2.57 bits per heavy atom. The molecule has 2 rings (SSSR count). The molecule has 0 saturated carbocycles. The van der Waals surface area contributed by atoms with Crippen molar-refractivity contribution in [1.29, 1.82) is 0 Å². The quantitative estimate of drug-likeness (QED) is 0.735. The van der Waals surface area contributed by atoms with Gasteiger partial charge in [0.05, 0.1) is 5.56 Å². The van der Waals surface area contributed by atoms with E-state index in [1.165, 1.54) is 0 Å². The van der Waals surface area contributed by atoms with Crippen LogP contribution in [-0.2, 0) is 6.61 Å². The van der Waals surface area contributed by atoms with Gasteiger partial charge >= 0.3 is 0 Å². The number of hydrogen-bond acceptors (Lipinski definition) is 1. The summed E-state index contributed by atoms with van der Waals surface area (Å²) in [6.45, 7) is 1.98. The van der Waals surface area contributed by atoms with E-state index in [0.29, 0.717) is 0 Å². The lowest BCUT2D eigenvalue weighted by Gasteiger charge is -1.88. The second-order valence-electron chi connectivity index (χ2n) is 3.25. The van der Waals surface area contributed by atoms with Crippen LogP contribution in [0.2, 0.25) is 0 Å². The summed E-state index contributed by atoms with van der Waals surface area (Å²) in [5.41, 5.74) is 2.91. The van der Waals surface area contributed by atoms with E-state index in [9.17, 15) is 0 Å². The van der Waals surface area contributed by atoms with Crippen molar-refractivity contribution >= 4 is 0 Å². The molecule has 0 fully saturated rings. The lowest BCUT2D eigenvalue weighted by Crippen LogP contribution is -2.09. The predicted octanol–water partition coefficient (Wildman–Crippen LogP) is 1.30. The lowest BCUT2D eigenvalue weighted by molar-refractivity contribution is -0.379. The fourth-order valence-corrected chi connectivity index (χ4v) is 1.45. The number of aliphatic hydroxyl groups is 1. The van der Waals surface area contributed by atoms with Crippen LogP contribution in [0.4, 0.5) is 0 Å². The summed E-state index contributed by atoms with van der Waals surface area (Å²) < 4.78 is 0. The van der Waals surface area contributed by atoms with Gasteiger partial charge in [-0.2, -0.15) is 0 Å². The molecule has 0 amide bonds. The number of aliphatic hydroxyl groups excluding tert-OH is 1. The van der Waals surface area contributed by atoms with Crippen molar-refractivity contribution in [3.63, 3.8) is 0 Å². The van der Waals surface area contributed by atoms with Crippen LogP contribution in [0.5, 0.6) is 0 Å². The summed E-state index contributed by atoms with van der Waals surface area (Å²) in [6.07, 6.45) is 0. The first-order valence-corrected chi connectivity index (χ1v) is 4.58. The molecule has 1 aromatic carbocycles. The highest BCUT2D eigenvalue weighted by molar-refractivity contribution is 5.51. The topological polar surface area (TPSA) is 50.2 Å². The maximum atomic E-state index is 9.03. The molecule has 1 aromatic heterocycles. The molecule has 0 unspecified atom stereocenters. The third-order valence-electron chi connectivity index (χ3n) is 2.26. The second kappa shape index (κ2) is 3.64. The highest BCUT2D eigenvalue weighted by Crippen LogP contribution is 2.13. The molecule has 0 saturated heterocycles. The van der Waals surface area contributed by atoms with E-state index in [0.717, 1.165) is 22.8 Å². The van der Waals surface area contributed by atoms with Crippen molar-refractivity contribution in [2.75, 3.05) is 0 Å². The maximum Gasteiger partial charge on any atom is 0.284 e. The maximum absolute atomic E-state index is 9.03. The fraction of sp³-hybridized carbons (Fsp3) is 0.182. The van der Waals surface area contributed by atoms with Crippen LogP contribution in [0.3, 0.4) is 0 Å². The van der Waals surface area contributed by atoms with Gasteiger partial charge in [0, 0.05) is 6.92 Å². The number of aryl methyl sites for hydroxylation is 1. The van der Waals surface area contributed by atoms with Gasteiger partial charge in [-0.15, -0.1) is 0 Å². The van der Waals surface area contributed by atoms with Gasteiger partial charge in [-0.3, -0.25) is 0 Å². The van der Waals surface area contributed by atoms with Crippen molar-refractivity contribution in [2.45, 2.75) is 13.5 Å². The summed E-state index contributed by atoms with van der Waals surface area (Å²) in [7, 11) is 0. The van der Waals surface area contributed by atoms with E-state index >= 15 is 0 Å². The third kappa shape index (κ3) is 1.54. The Balaban J connectivity index is 2.43. The second-order valence-corrected chi connectivity index (χ2v) is 3.25. The summed E-state index contributed by atoms with van der Waals surface area (Å²) in [5.74, 6) is 0.937. The van der Waals surface area contributed by atoms with Crippen molar-refractivity contribution in [3.05, 3.63) is 41.7 Å². The Kier molecular flexibility index (Phi) is 2.33. The van der Waals surface area contributed by atoms with Crippen LogP contribution in [0, 0.1) is 6.92 Å². The molecular formula is C11H13N2O+. The zero-order valence-electron chi connectivity index (χ0n) is 8.04. The molecule has 72 valence electrons. The first-order valence-electron chi connectivity index (χ1n) is 4.58. The molecule has 3 N–H and O–H groups in total. The van der Waals surface area contributed by atoms with E-state index in [-0.39, 0.29) is 6.61 Å². The van der Waals surface area contributed by atoms with E-state index in [4.69, 9.17) is 5.11 Å². The Bertz CT molecular complexity index is 420. The number of benzene rings is 1. The minimum atomic E-state index is 0.0369. The Hall–Kier alpha value is -1.61. The molecule has 0 bridgehead atoms. The van der Waals surface area contributed by atoms with Gasteiger partial charge in [0.15, 0.2) is 5.69 Å².